The zero-order chi connectivity index (χ0) is 20.1. The molecule has 3 aromatic rings. The van der Waals surface area contributed by atoms with Gasteiger partial charge in [0, 0.05) is 20.3 Å². The van der Waals surface area contributed by atoms with Gasteiger partial charge in [0.15, 0.2) is 0 Å². The molecule has 0 N–H and O–H groups in total. The van der Waals surface area contributed by atoms with Crippen LogP contribution in [0, 0.1) is 0 Å². The summed E-state index contributed by atoms with van der Waals surface area (Å²) in [5.41, 5.74) is 1.72. The Kier molecular flexibility index (Phi) is 4.34. The fourth-order valence-electron chi connectivity index (χ4n) is 3.29. The summed E-state index contributed by atoms with van der Waals surface area (Å²) in [4.78, 5) is 36.3. The van der Waals surface area contributed by atoms with E-state index in [1.807, 2.05) is 24.3 Å². The molecule has 0 saturated carbocycles. The van der Waals surface area contributed by atoms with E-state index in [9.17, 15) is 19.5 Å². The van der Waals surface area contributed by atoms with Gasteiger partial charge in [0.25, 0.3) is 5.56 Å². The van der Waals surface area contributed by atoms with Gasteiger partial charge in [0.1, 0.15) is 0 Å². The first kappa shape index (κ1) is 18.7. The average molecular weight is 368 g/mol. The maximum Gasteiger partial charge on any atom is 0.330 e. The first-order valence-corrected chi connectivity index (χ1v) is 8.62. The van der Waals surface area contributed by atoms with Crippen molar-refractivity contribution in [1.29, 1.82) is 0 Å². The van der Waals surface area contributed by atoms with Crippen molar-refractivity contribution < 1.29 is 9.90 Å². The van der Waals surface area contributed by atoms with Gasteiger partial charge in [0.2, 0.25) is 0 Å². The van der Waals surface area contributed by atoms with Crippen molar-refractivity contribution in [2.24, 2.45) is 14.1 Å². The van der Waals surface area contributed by atoms with Crippen LogP contribution in [0.25, 0.3) is 22.2 Å². The summed E-state index contributed by atoms with van der Waals surface area (Å²) in [6.45, 7) is 5.88. The number of aryl methyl sites for hydroxylation is 1. The second kappa shape index (κ2) is 6.26. The number of carboxylic acids is 1. The number of nitrogens with zero attached hydrogens (tertiary/aromatic N) is 3. The van der Waals surface area contributed by atoms with Crippen molar-refractivity contribution in [2.75, 3.05) is 0 Å². The molecule has 0 unspecified atom stereocenters. The molecular weight excluding hydrogens is 346 g/mol. The molecule has 0 bridgehead atoms. The molecule has 3 rings (SSSR count). The Morgan fingerprint density at radius 2 is 1.63 bits per heavy atom. The number of carbonyl (C=O) groups is 1. The molecule has 7 nitrogen and oxygen atoms in total. The molecule has 0 saturated heterocycles. The Morgan fingerprint density at radius 3 is 2.15 bits per heavy atom. The van der Waals surface area contributed by atoms with Gasteiger partial charge in [-0.05, 0) is 16.5 Å². The van der Waals surface area contributed by atoms with E-state index in [2.05, 4.69) is 20.8 Å². The first-order valence-electron chi connectivity index (χ1n) is 8.62. The number of aromatic nitrogens is 3. The SMILES string of the molecule is Cn1c(=O)c2c(-c3ccc(C(C)(C)C)cc3)n(CC(=O)[O-])cc2n(C)c1=O. The highest BCUT2D eigenvalue weighted by atomic mass is 16.4. The molecule has 2 aromatic heterocycles. The molecule has 27 heavy (non-hydrogen) atoms. The van der Waals surface area contributed by atoms with Crippen LogP contribution in [0.5, 0.6) is 0 Å². The van der Waals surface area contributed by atoms with Gasteiger partial charge in [-0.15, -0.1) is 0 Å². The minimum absolute atomic E-state index is 0.0341. The molecule has 2 heterocycles. The second-order valence-electron chi connectivity index (χ2n) is 7.77. The van der Waals surface area contributed by atoms with E-state index < -0.39 is 23.8 Å². The lowest BCUT2D eigenvalue weighted by Gasteiger charge is -2.19. The molecule has 0 fully saturated rings. The van der Waals surface area contributed by atoms with Gasteiger partial charge in [0.05, 0.1) is 29.1 Å². The highest BCUT2D eigenvalue weighted by Crippen LogP contribution is 2.30. The van der Waals surface area contributed by atoms with Gasteiger partial charge < -0.3 is 14.5 Å². The van der Waals surface area contributed by atoms with Crippen molar-refractivity contribution >= 4 is 16.9 Å². The summed E-state index contributed by atoms with van der Waals surface area (Å²) < 4.78 is 3.82. The van der Waals surface area contributed by atoms with E-state index in [1.54, 1.807) is 7.05 Å². The van der Waals surface area contributed by atoms with Crippen LogP contribution in [-0.4, -0.2) is 19.7 Å². The van der Waals surface area contributed by atoms with Crippen molar-refractivity contribution in [3.8, 4) is 11.3 Å². The van der Waals surface area contributed by atoms with Gasteiger partial charge >= 0.3 is 5.69 Å². The van der Waals surface area contributed by atoms with Crippen LogP contribution in [0.2, 0.25) is 0 Å². The largest absolute Gasteiger partial charge is 0.548 e. The number of fused-ring (bicyclic) bond motifs is 1. The minimum Gasteiger partial charge on any atom is -0.548 e. The summed E-state index contributed by atoms with van der Waals surface area (Å²) in [7, 11) is 2.96. The topological polar surface area (TPSA) is 89.1 Å². The van der Waals surface area contributed by atoms with Crippen molar-refractivity contribution in [3.05, 3.63) is 56.9 Å². The van der Waals surface area contributed by atoms with E-state index in [4.69, 9.17) is 0 Å². The van der Waals surface area contributed by atoms with Crippen LogP contribution >= 0.6 is 0 Å². The summed E-state index contributed by atoms with van der Waals surface area (Å²) >= 11 is 0. The monoisotopic (exact) mass is 368 g/mol. The molecule has 0 radical (unpaired) electrons. The molecule has 142 valence electrons. The highest BCUT2D eigenvalue weighted by Gasteiger charge is 2.20. The van der Waals surface area contributed by atoms with E-state index in [0.717, 1.165) is 10.1 Å². The first-order chi connectivity index (χ1) is 12.5. The standard InChI is InChI=1S/C20H23N3O4/c1-20(2,3)13-8-6-12(7-9-13)17-16-14(10-23(17)11-15(24)25)21(4)19(27)22(5)18(16)26/h6-10H,11H2,1-5H3,(H,24,25)/p-1. The lowest BCUT2D eigenvalue weighted by atomic mass is 9.86. The van der Waals surface area contributed by atoms with Gasteiger partial charge in [-0.1, -0.05) is 45.0 Å². The summed E-state index contributed by atoms with van der Waals surface area (Å²) in [6.07, 6.45) is 1.51. The second-order valence-corrected chi connectivity index (χ2v) is 7.77. The fraction of sp³-hybridized carbons (Fsp3) is 0.350. The number of benzene rings is 1. The van der Waals surface area contributed by atoms with E-state index in [1.165, 1.54) is 22.4 Å². The Labute approximate surface area is 156 Å². The molecule has 0 aliphatic heterocycles. The van der Waals surface area contributed by atoms with Crippen molar-refractivity contribution in [1.82, 2.24) is 13.7 Å². The Hall–Kier alpha value is -3.09. The van der Waals surface area contributed by atoms with Crippen LogP contribution in [0.3, 0.4) is 0 Å². The average Bonchev–Trinajstić information content (AvgIpc) is 2.96. The van der Waals surface area contributed by atoms with Crippen LogP contribution < -0.4 is 16.4 Å². The van der Waals surface area contributed by atoms with Crippen molar-refractivity contribution in [3.63, 3.8) is 0 Å². The normalized spacial score (nSPS) is 11.9. The number of aliphatic carboxylic acids is 1. The molecule has 7 heteroatoms. The van der Waals surface area contributed by atoms with E-state index >= 15 is 0 Å². The lowest BCUT2D eigenvalue weighted by Crippen LogP contribution is -2.36. The lowest BCUT2D eigenvalue weighted by molar-refractivity contribution is -0.306. The fourth-order valence-corrected chi connectivity index (χ4v) is 3.29. The molecular formula is C20H22N3O4-. The third-order valence-electron chi connectivity index (χ3n) is 4.84. The zero-order valence-electron chi connectivity index (χ0n) is 16.1. The smallest absolute Gasteiger partial charge is 0.330 e. The predicted octanol–water partition coefficient (Wildman–Crippen LogP) is 0.753. The van der Waals surface area contributed by atoms with E-state index in [-0.39, 0.29) is 5.41 Å². The Morgan fingerprint density at radius 1 is 1.04 bits per heavy atom. The third kappa shape index (κ3) is 3.09. The summed E-state index contributed by atoms with van der Waals surface area (Å²) in [6, 6.07) is 7.66. The number of carboxylic acid groups (broad SMARTS) is 1. The van der Waals surface area contributed by atoms with Gasteiger partial charge in [-0.3, -0.25) is 13.9 Å². The number of rotatable bonds is 3. The van der Waals surface area contributed by atoms with Crippen LogP contribution in [0.1, 0.15) is 26.3 Å². The third-order valence-corrected chi connectivity index (χ3v) is 4.84. The molecule has 0 atom stereocenters. The molecule has 0 amide bonds. The van der Waals surface area contributed by atoms with Gasteiger partial charge in [-0.2, -0.15) is 0 Å². The van der Waals surface area contributed by atoms with E-state index in [0.29, 0.717) is 22.2 Å². The zero-order valence-corrected chi connectivity index (χ0v) is 16.1. The number of hydrogen-bond acceptors (Lipinski definition) is 4. The van der Waals surface area contributed by atoms with Crippen LogP contribution in [-0.2, 0) is 30.8 Å². The molecule has 1 aromatic carbocycles. The summed E-state index contributed by atoms with van der Waals surface area (Å²) in [5.74, 6) is -1.27. The molecule has 0 aliphatic carbocycles. The van der Waals surface area contributed by atoms with Crippen LogP contribution in [0.4, 0.5) is 0 Å². The molecule has 0 spiro atoms. The number of hydrogen-bond donors (Lipinski definition) is 0. The Balaban J connectivity index is 2.38. The Bertz CT molecular complexity index is 1160. The number of carbonyl (C=O) groups excluding carboxylic acids is 1. The quantitative estimate of drug-likeness (QED) is 0.682. The van der Waals surface area contributed by atoms with Crippen molar-refractivity contribution in [2.45, 2.75) is 32.7 Å². The van der Waals surface area contributed by atoms with Gasteiger partial charge in [-0.25, -0.2) is 4.79 Å². The predicted molar refractivity (Wildman–Crippen MR) is 102 cm³/mol. The summed E-state index contributed by atoms with van der Waals surface area (Å²) in [5, 5.41) is 11.5. The maximum absolute atomic E-state index is 12.8. The molecule has 0 aliphatic rings. The minimum atomic E-state index is -1.27. The van der Waals surface area contributed by atoms with Crippen LogP contribution in [0.15, 0.2) is 40.1 Å². The highest BCUT2D eigenvalue weighted by molar-refractivity contribution is 5.94. The maximum atomic E-state index is 12.8.